The first-order valence-electron chi connectivity index (χ1n) is 11.5. The number of fused-ring (bicyclic) bond motifs is 3. The Hall–Kier alpha value is -4.65. The number of imidazole rings is 1. The molecule has 170 valence electrons. The minimum Gasteiger partial charge on any atom is -0.232 e. The van der Waals surface area contributed by atoms with Crippen LogP contribution in [0.3, 0.4) is 0 Å². The maximum atomic E-state index is 5.00. The summed E-state index contributed by atoms with van der Waals surface area (Å²) in [7, 11) is 0. The summed E-state index contributed by atoms with van der Waals surface area (Å²) in [6, 6.07) is 28.3. The van der Waals surface area contributed by atoms with Gasteiger partial charge in [-0.2, -0.15) is 14.7 Å². The van der Waals surface area contributed by atoms with Crippen LogP contribution < -0.4 is 0 Å². The van der Waals surface area contributed by atoms with E-state index in [1.165, 1.54) is 5.56 Å². The standard InChI is InChI=1S/C28H23N7/c1-18-14-16-22(17-15-18)30-31-27-20(3)29-28-24-25(19(2)32-35(27)28)33-34(23-12-8-5-9-13-23)26(24)21-10-6-4-7-11-21/h4-17H,1-3H3. The molecule has 0 spiro atoms. The zero-order valence-corrected chi connectivity index (χ0v) is 19.7. The zero-order chi connectivity index (χ0) is 23.9. The van der Waals surface area contributed by atoms with Crippen molar-refractivity contribution < 1.29 is 0 Å². The molecule has 3 aromatic carbocycles. The van der Waals surface area contributed by atoms with Crippen molar-refractivity contribution in [3.05, 3.63) is 102 Å². The number of aryl methyl sites for hydroxylation is 3. The summed E-state index contributed by atoms with van der Waals surface area (Å²) in [4.78, 5) is 4.90. The van der Waals surface area contributed by atoms with E-state index in [0.717, 1.165) is 44.9 Å². The highest BCUT2D eigenvalue weighted by Crippen LogP contribution is 2.36. The molecule has 0 radical (unpaired) electrons. The van der Waals surface area contributed by atoms with Gasteiger partial charge in [-0.3, -0.25) is 0 Å². The Balaban J connectivity index is 1.64. The summed E-state index contributed by atoms with van der Waals surface area (Å²) < 4.78 is 3.76. The second-order valence-electron chi connectivity index (χ2n) is 8.56. The molecule has 0 aliphatic rings. The quantitative estimate of drug-likeness (QED) is 0.266. The molecule has 0 aliphatic carbocycles. The van der Waals surface area contributed by atoms with Crippen molar-refractivity contribution in [1.82, 2.24) is 24.4 Å². The summed E-state index contributed by atoms with van der Waals surface area (Å²) in [5.74, 6) is 0.608. The molecular formula is C28H23N7. The largest absolute Gasteiger partial charge is 0.232 e. The van der Waals surface area contributed by atoms with Crippen molar-refractivity contribution >= 4 is 28.1 Å². The molecule has 0 saturated carbocycles. The maximum absolute atomic E-state index is 5.00. The van der Waals surface area contributed by atoms with E-state index in [-0.39, 0.29) is 0 Å². The third-order valence-electron chi connectivity index (χ3n) is 6.04. The van der Waals surface area contributed by atoms with E-state index in [1.54, 1.807) is 4.52 Å². The van der Waals surface area contributed by atoms with Crippen molar-refractivity contribution in [2.45, 2.75) is 20.8 Å². The Morgan fingerprint density at radius 3 is 2.09 bits per heavy atom. The summed E-state index contributed by atoms with van der Waals surface area (Å²) >= 11 is 0. The summed E-state index contributed by atoms with van der Waals surface area (Å²) in [6.07, 6.45) is 0. The number of azo groups is 1. The van der Waals surface area contributed by atoms with Gasteiger partial charge >= 0.3 is 0 Å². The minimum atomic E-state index is 0.608. The molecule has 0 aliphatic heterocycles. The molecule has 3 heterocycles. The van der Waals surface area contributed by atoms with Gasteiger partial charge in [0.25, 0.3) is 0 Å². The molecule has 0 N–H and O–H groups in total. The predicted molar refractivity (Wildman–Crippen MR) is 138 cm³/mol. The third kappa shape index (κ3) is 3.58. The van der Waals surface area contributed by atoms with Gasteiger partial charge in [-0.25, -0.2) is 9.67 Å². The Morgan fingerprint density at radius 1 is 0.686 bits per heavy atom. The molecule has 0 saturated heterocycles. The van der Waals surface area contributed by atoms with Crippen molar-refractivity contribution in [3.63, 3.8) is 0 Å². The van der Waals surface area contributed by atoms with Gasteiger partial charge in [0, 0.05) is 5.56 Å². The summed E-state index contributed by atoms with van der Waals surface area (Å²) in [5, 5.41) is 19.7. The van der Waals surface area contributed by atoms with Crippen molar-refractivity contribution in [3.8, 4) is 16.9 Å². The Morgan fingerprint density at radius 2 is 1.37 bits per heavy atom. The normalized spacial score (nSPS) is 11.7. The molecule has 0 unspecified atom stereocenters. The number of aromatic nitrogens is 5. The SMILES string of the molecule is Cc1ccc(N=Nc2c(C)nc3c4c(-c5ccccc5)n(-c5ccccc5)nc4c(C)nn23)cc1. The van der Waals surface area contributed by atoms with Gasteiger partial charge in [-0.05, 0) is 45.0 Å². The van der Waals surface area contributed by atoms with Crippen LogP contribution >= 0.6 is 0 Å². The highest BCUT2D eigenvalue weighted by Gasteiger charge is 2.23. The third-order valence-corrected chi connectivity index (χ3v) is 6.04. The fourth-order valence-electron chi connectivity index (χ4n) is 4.30. The maximum Gasteiger partial charge on any atom is 0.199 e. The number of benzene rings is 3. The average Bonchev–Trinajstić information content (AvgIpc) is 3.43. The van der Waals surface area contributed by atoms with Crippen LogP contribution in [0.4, 0.5) is 11.5 Å². The number of hydrogen-bond donors (Lipinski definition) is 0. The number of para-hydroxylation sites is 1. The molecule has 6 aromatic rings. The van der Waals surface area contributed by atoms with Gasteiger partial charge in [0.15, 0.2) is 11.5 Å². The lowest BCUT2D eigenvalue weighted by Gasteiger charge is -2.08. The Bertz CT molecular complexity index is 1690. The number of nitrogens with zero attached hydrogens (tertiary/aromatic N) is 7. The van der Waals surface area contributed by atoms with E-state index in [4.69, 9.17) is 15.2 Å². The number of rotatable bonds is 4. The minimum absolute atomic E-state index is 0.608. The molecule has 0 fully saturated rings. The lowest BCUT2D eigenvalue weighted by molar-refractivity contribution is 0.881. The Kier molecular flexibility index (Phi) is 4.95. The van der Waals surface area contributed by atoms with E-state index < -0.39 is 0 Å². The van der Waals surface area contributed by atoms with Gasteiger partial charge in [-0.15, -0.1) is 10.2 Å². The predicted octanol–water partition coefficient (Wildman–Crippen LogP) is 7.08. The molecule has 35 heavy (non-hydrogen) atoms. The number of hydrogen-bond acceptors (Lipinski definition) is 5. The van der Waals surface area contributed by atoms with Gasteiger partial charge in [0.05, 0.1) is 33.8 Å². The topological polar surface area (TPSA) is 72.7 Å². The summed E-state index contributed by atoms with van der Waals surface area (Å²) in [6.45, 7) is 5.95. The van der Waals surface area contributed by atoms with Crippen molar-refractivity contribution in [2.75, 3.05) is 0 Å². The van der Waals surface area contributed by atoms with Crippen LogP contribution in [0.15, 0.2) is 95.2 Å². The van der Waals surface area contributed by atoms with E-state index >= 15 is 0 Å². The van der Waals surface area contributed by atoms with Gasteiger partial charge < -0.3 is 0 Å². The van der Waals surface area contributed by atoms with Crippen LogP contribution in [0.2, 0.25) is 0 Å². The second-order valence-corrected chi connectivity index (χ2v) is 8.56. The molecular weight excluding hydrogens is 434 g/mol. The lowest BCUT2D eigenvalue weighted by atomic mass is 10.1. The van der Waals surface area contributed by atoms with E-state index in [2.05, 4.69) is 34.5 Å². The van der Waals surface area contributed by atoms with Gasteiger partial charge in [0.2, 0.25) is 0 Å². The van der Waals surface area contributed by atoms with Crippen LogP contribution in [-0.4, -0.2) is 24.4 Å². The highest BCUT2D eigenvalue weighted by atomic mass is 15.4. The second kappa shape index (κ2) is 8.29. The van der Waals surface area contributed by atoms with Crippen molar-refractivity contribution in [2.24, 2.45) is 10.2 Å². The van der Waals surface area contributed by atoms with Gasteiger partial charge in [0.1, 0.15) is 5.52 Å². The highest BCUT2D eigenvalue weighted by molar-refractivity contribution is 6.04. The molecule has 0 bridgehead atoms. The molecule has 0 atom stereocenters. The average molecular weight is 458 g/mol. The van der Waals surface area contributed by atoms with E-state index in [9.17, 15) is 0 Å². The van der Waals surface area contributed by atoms with E-state index in [0.29, 0.717) is 11.5 Å². The van der Waals surface area contributed by atoms with Crippen LogP contribution in [0.1, 0.15) is 17.0 Å². The first kappa shape index (κ1) is 20.9. The first-order chi connectivity index (χ1) is 17.1. The Labute approximate surface area is 202 Å². The van der Waals surface area contributed by atoms with Crippen LogP contribution in [0, 0.1) is 20.8 Å². The first-order valence-corrected chi connectivity index (χ1v) is 11.5. The molecule has 3 aromatic heterocycles. The zero-order valence-electron chi connectivity index (χ0n) is 19.7. The molecule has 7 nitrogen and oxygen atoms in total. The lowest BCUT2D eigenvalue weighted by Crippen LogP contribution is -1.98. The smallest absolute Gasteiger partial charge is 0.199 e. The van der Waals surface area contributed by atoms with E-state index in [1.807, 2.05) is 86.1 Å². The fraction of sp³-hybridized carbons (Fsp3) is 0.107. The van der Waals surface area contributed by atoms with Crippen LogP contribution in [0.5, 0.6) is 0 Å². The van der Waals surface area contributed by atoms with Crippen molar-refractivity contribution in [1.29, 1.82) is 0 Å². The van der Waals surface area contributed by atoms with Crippen LogP contribution in [-0.2, 0) is 0 Å². The molecule has 7 heteroatoms. The van der Waals surface area contributed by atoms with Gasteiger partial charge in [-0.1, -0.05) is 66.2 Å². The monoisotopic (exact) mass is 457 g/mol. The molecule has 6 rings (SSSR count). The summed E-state index contributed by atoms with van der Waals surface area (Å²) in [5.41, 5.74) is 8.03. The molecule has 0 amide bonds. The fourth-order valence-corrected chi connectivity index (χ4v) is 4.30. The van der Waals surface area contributed by atoms with Crippen LogP contribution in [0.25, 0.3) is 33.5 Å².